The van der Waals surface area contributed by atoms with E-state index >= 15 is 0 Å². The van der Waals surface area contributed by atoms with E-state index in [0.717, 1.165) is 30.0 Å². The van der Waals surface area contributed by atoms with E-state index in [0.29, 0.717) is 0 Å². The van der Waals surface area contributed by atoms with Gasteiger partial charge in [-0.2, -0.15) is 5.10 Å². The van der Waals surface area contributed by atoms with Gasteiger partial charge in [0, 0.05) is 31.0 Å². The molecule has 0 saturated carbocycles. The molecule has 0 fully saturated rings. The van der Waals surface area contributed by atoms with Gasteiger partial charge >= 0.3 is 0 Å². The molecule has 0 aliphatic rings. The molecule has 0 N–H and O–H groups in total. The second kappa shape index (κ2) is 5.39. The van der Waals surface area contributed by atoms with Crippen LogP contribution in [0.1, 0.15) is 13.8 Å². The maximum absolute atomic E-state index is 4.17. The first kappa shape index (κ1) is 11.5. The average molecular weight is 228 g/mol. The third kappa shape index (κ3) is 2.58. The van der Waals surface area contributed by atoms with E-state index in [4.69, 9.17) is 0 Å². The van der Waals surface area contributed by atoms with Gasteiger partial charge in [0.15, 0.2) is 5.82 Å². The number of hydrogen-bond acceptors (Lipinski definition) is 4. The monoisotopic (exact) mass is 228 g/mol. The van der Waals surface area contributed by atoms with Crippen molar-refractivity contribution in [2.45, 2.75) is 13.8 Å². The van der Waals surface area contributed by atoms with Crippen molar-refractivity contribution in [1.82, 2.24) is 15.2 Å². The molecule has 0 spiro atoms. The summed E-state index contributed by atoms with van der Waals surface area (Å²) in [5.74, 6) is 0.921. The summed E-state index contributed by atoms with van der Waals surface area (Å²) in [5.41, 5.74) is 2.19. The maximum atomic E-state index is 4.17. The first-order valence-corrected chi connectivity index (χ1v) is 5.83. The molecule has 88 valence electrons. The number of rotatable bonds is 4. The molecule has 0 unspecified atom stereocenters. The topological polar surface area (TPSA) is 41.9 Å². The van der Waals surface area contributed by atoms with Crippen LogP contribution in [0.3, 0.4) is 0 Å². The third-order valence-corrected chi connectivity index (χ3v) is 2.74. The number of pyridine rings is 1. The van der Waals surface area contributed by atoms with Crippen molar-refractivity contribution in [2.75, 3.05) is 18.0 Å². The van der Waals surface area contributed by atoms with Crippen LogP contribution in [0.2, 0.25) is 0 Å². The SMILES string of the molecule is CCN(CC)c1cc(-c2ccncc2)cnn1. The van der Waals surface area contributed by atoms with Gasteiger partial charge in [0.1, 0.15) is 0 Å². The van der Waals surface area contributed by atoms with Crippen molar-refractivity contribution in [3.05, 3.63) is 36.8 Å². The minimum absolute atomic E-state index is 0.921. The maximum Gasteiger partial charge on any atom is 0.151 e. The molecule has 0 saturated heterocycles. The molecule has 4 heteroatoms. The minimum atomic E-state index is 0.921. The highest BCUT2D eigenvalue weighted by atomic mass is 15.2. The molecule has 0 radical (unpaired) electrons. The summed E-state index contributed by atoms with van der Waals surface area (Å²) in [6.45, 7) is 6.10. The molecule has 2 aromatic rings. The fourth-order valence-corrected chi connectivity index (χ4v) is 1.76. The van der Waals surface area contributed by atoms with Gasteiger partial charge in [0.25, 0.3) is 0 Å². The molecule has 0 amide bonds. The Hall–Kier alpha value is -1.97. The first-order valence-electron chi connectivity index (χ1n) is 5.83. The second-order valence-electron chi connectivity index (χ2n) is 3.71. The van der Waals surface area contributed by atoms with Gasteiger partial charge in [0.05, 0.1) is 6.20 Å². The van der Waals surface area contributed by atoms with Crippen LogP contribution in [0, 0.1) is 0 Å². The zero-order valence-corrected chi connectivity index (χ0v) is 10.2. The van der Waals surface area contributed by atoms with Crippen LogP contribution in [-0.2, 0) is 0 Å². The van der Waals surface area contributed by atoms with E-state index in [-0.39, 0.29) is 0 Å². The highest BCUT2D eigenvalue weighted by Crippen LogP contribution is 2.20. The van der Waals surface area contributed by atoms with Crippen LogP contribution >= 0.6 is 0 Å². The smallest absolute Gasteiger partial charge is 0.151 e. The Morgan fingerprint density at radius 2 is 1.76 bits per heavy atom. The Bertz CT molecular complexity index is 466. The van der Waals surface area contributed by atoms with Crippen molar-refractivity contribution >= 4 is 5.82 Å². The van der Waals surface area contributed by atoms with Crippen molar-refractivity contribution in [3.63, 3.8) is 0 Å². The van der Waals surface area contributed by atoms with Crippen molar-refractivity contribution < 1.29 is 0 Å². The number of nitrogens with zero attached hydrogens (tertiary/aromatic N) is 4. The average Bonchev–Trinajstić information content (AvgIpc) is 2.42. The lowest BCUT2D eigenvalue weighted by atomic mass is 10.1. The standard InChI is InChI=1S/C13H16N4/c1-3-17(4-2)13-9-12(10-15-16-13)11-5-7-14-8-6-11/h5-10H,3-4H2,1-2H3. The molecule has 0 aliphatic carbocycles. The quantitative estimate of drug-likeness (QED) is 0.805. The summed E-state index contributed by atoms with van der Waals surface area (Å²) >= 11 is 0. The third-order valence-electron chi connectivity index (χ3n) is 2.74. The summed E-state index contributed by atoms with van der Waals surface area (Å²) in [6.07, 6.45) is 5.35. The van der Waals surface area contributed by atoms with Gasteiger partial charge in [-0.15, -0.1) is 5.10 Å². The zero-order valence-electron chi connectivity index (χ0n) is 10.2. The summed E-state index contributed by atoms with van der Waals surface area (Å²) in [6, 6.07) is 6.02. The number of aromatic nitrogens is 3. The van der Waals surface area contributed by atoms with E-state index in [1.165, 1.54) is 0 Å². The number of anilines is 1. The lowest BCUT2D eigenvalue weighted by Crippen LogP contribution is -2.23. The van der Waals surface area contributed by atoms with E-state index in [2.05, 4.69) is 40.0 Å². The van der Waals surface area contributed by atoms with Gasteiger partial charge in [-0.05, 0) is 37.6 Å². The van der Waals surface area contributed by atoms with Crippen LogP contribution in [0.25, 0.3) is 11.1 Å². The minimum Gasteiger partial charge on any atom is -0.356 e. The molecule has 0 aromatic carbocycles. The highest BCUT2D eigenvalue weighted by molar-refractivity contribution is 5.64. The Morgan fingerprint density at radius 3 is 2.41 bits per heavy atom. The predicted octanol–water partition coefficient (Wildman–Crippen LogP) is 2.38. The normalized spacial score (nSPS) is 10.2. The summed E-state index contributed by atoms with van der Waals surface area (Å²) in [4.78, 5) is 6.19. The van der Waals surface area contributed by atoms with Crippen LogP contribution in [0.15, 0.2) is 36.8 Å². The van der Waals surface area contributed by atoms with Gasteiger partial charge in [-0.25, -0.2) is 0 Å². The Labute approximate surface area is 101 Å². The van der Waals surface area contributed by atoms with Gasteiger partial charge < -0.3 is 4.90 Å². The Balaban J connectivity index is 2.35. The van der Waals surface area contributed by atoms with Crippen molar-refractivity contribution in [1.29, 1.82) is 0 Å². The van der Waals surface area contributed by atoms with Crippen LogP contribution in [0.5, 0.6) is 0 Å². The lowest BCUT2D eigenvalue weighted by molar-refractivity contribution is 0.825. The van der Waals surface area contributed by atoms with Gasteiger partial charge in [-0.1, -0.05) is 0 Å². The molecule has 0 bridgehead atoms. The molecule has 2 heterocycles. The van der Waals surface area contributed by atoms with Gasteiger partial charge in [0.2, 0.25) is 0 Å². The van der Waals surface area contributed by atoms with Crippen LogP contribution in [-0.4, -0.2) is 28.3 Å². The van der Waals surface area contributed by atoms with Gasteiger partial charge in [-0.3, -0.25) is 4.98 Å². The Kier molecular flexibility index (Phi) is 3.65. The van der Waals surface area contributed by atoms with E-state index in [1.54, 1.807) is 18.6 Å². The van der Waals surface area contributed by atoms with Crippen molar-refractivity contribution in [3.8, 4) is 11.1 Å². The van der Waals surface area contributed by atoms with Crippen LogP contribution < -0.4 is 4.90 Å². The van der Waals surface area contributed by atoms with Crippen LogP contribution in [0.4, 0.5) is 5.82 Å². The molecule has 2 rings (SSSR count). The van der Waals surface area contributed by atoms with E-state index in [1.807, 2.05) is 12.1 Å². The fraction of sp³-hybridized carbons (Fsp3) is 0.308. The fourth-order valence-electron chi connectivity index (χ4n) is 1.76. The molecular formula is C13H16N4. The van der Waals surface area contributed by atoms with Crippen molar-refractivity contribution in [2.24, 2.45) is 0 Å². The molecule has 17 heavy (non-hydrogen) atoms. The molecule has 0 aliphatic heterocycles. The summed E-state index contributed by atoms with van der Waals surface area (Å²) in [7, 11) is 0. The van der Waals surface area contributed by atoms with E-state index in [9.17, 15) is 0 Å². The molecule has 4 nitrogen and oxygen atoms in total. The molecular weight excluding hydrogens is 212 g/mol. The molecule has 2 aromatic heterocycles. The summed E-state index contributed by atoms with van der Waals surface area (Å²) < 4.78 is 0. The number of hydrogen-bond donors (Lipinski definition) is 0. The van der Waals surface area contributed by atoms with E-state index < -0.39 is 0 Å². The lowest BCUT2D eigenvalue weighted by Gasteiger charge is -2.19. The highest BCUT2D eigenvalue weighted by Gasteiger charge is 2.06. The largest absolute Gasteiger partial charge is 0.356 e. The second-order valence-corrected chi connectivity index (χ2v) is 3.71. The first-order chi connectivity index (χ1) is 8.35. The zero-order chi connectivity index (χ0) is 12.1. The predicted molar refractivity (Wildman–Crippen MR) is 68.8 cm³/mol. The molecule has 0 atom stereocenters. The Morgan fingerprint density at radius 1 is 1.06 bits per heavy atom. The summed E-state index contributed by atoms with van der Waals surface area (Å²) in [5, 5.41) is 8.23.